The summed E-state index contributed by atoms with van der Waals surface area (Å²) < 4.78 is 5.43. The molecule has 1 aliphatic rings. The van der Waals surface area contributed by atoms with Crippen LogP contribution in [0.5, 0.6) is 0 Å². The first-order valence-electron chi connectivity index (χ1n) is 7.79. The van der Waals surface area contributed by atoms with Crippen LogP contribution < -0.4 is 4.90 Å². The number of ketones is 1. The number of carboxylic acid groups (broad SMARTS) is 1. The van der Waals surface area contributed by atoms with Crippen molar-refractivity contribution in [2.75, 3.05) is 18.1 Å². The number of nitrogens with zero attached hydrogens (tertiary/aromatic N) is 2. The van der Waals surface area contributed by atoms with E-state index >= 15 is 0 Å². The topological polar surface area (TPSA) is 79.2 Å². The molecule has 1 aliphatic heterocycles. The van der Waals surface area contributed by atoms with E-state index in [2.05, 4.69) is 4.99 Å². The van der Waals surface area contributed by atoms with E-state index in [1.165, 1.54) is 18.2 Å². The Kier molecular flexibility index (Phi) is 5.89. The number of benzene rings is 2. The summed E-state index contributed by atoms with van der Waals surface area (Å²) in [4.78, 5) is 29.3. The molecule has 3 rings (SSSR count). The smallest absolute Gasteiger partial charge is 0.412 e. The normalized spacial score (nSPS) is 15.8. The lowest BCUT2D eigenvalue weighted by molar-refractivity contribution is 0.0947. The number of anilines is 1. The largest absolute Gasteiger partial charge is 0.477 e. The van der Waals surface area contributed by atoms with Crippen LogP contribution in [0.1, 0.15) is 10.4 Å². The van der Waals surface area contributed by atoms with Crippen molar-refractivity contribution in [1.29, 1.82) is 0 Å². The second-order valence-corrected chi connectivity index (χ2v) is 7.03. The van der Waals surface area contributed by atoms with Gasteiger partial charge in [-0.05, 0) is 42.5 Å². The van der Waals surface area contributed by atoms with Gasteiger partial charge in [0.1, 0.15) is 13.2 Å². The SMILES string of the molecule is O=C(c1ccc(Cl)cc1)C1COC(CN(C(=O)O)c2cc(Cl)cc(Cl)c2)=N1. The maximum absolute atomic E-state index is 12.5. The summed E-state index contributed by atoms with van der Waals surface area (Å²) in [6, 6.07) is 10.1. The third kappa shape index (κ3) is 4.71. The zero-order valence-electron chi connectivity index (χ0n) is 13.7. The summed E-state index contributed by atoms with van der Waals surface area (Å²) in [6.07, 6.45) is -1.23. The van der Waals surface area contributed by atoms with Gasteiger partial charge in [0.25, 0.3) is 0 Å². The van der Waals surface area contributed by atoms with Crippen LogP contribution in [0.4, 0.5) is 10.5 Å². The van der Waals surface area contributed by atoms with Crippen molar-refractivity contribution >= 4 is 58.3 Å². The van der Waals surface area contributed by atoms with Crippen LogP contribution in [0.2, 0.25) is 15.1 Å². The molecule has 9 heteroatoms. The Bertz CT molecular complexity index is 895. The highest BCUT2D eigenvalue weighted by molar-refractivity contribution is 6.35. The third-order valence-corrected chi connectivity index (χ3v) is 4.51. The maximum atomic E-state index is 12.5. The Balaban J connectivity index is 1.77. The summed E-state index contributed by atoms with van der Waals surface area (Å²) >= 11 is 17.7. The Labute approximate surface area is 169 Å². The van der Waals surface area contributed by atoms with Crippen molar-refractivity contribution in [3.8, 4) is 0 Å². The van der Waals surface area contributed by atoms with E-state index in [4.69, 9.17) is 39.5 Å². The molecule has 0 spiro atoms. The van der Waals surface area contributed by atoms with Crippen molar-refractivity contribution in [2.24, 2.45) is 4.99 Å². The van der Waals surface area contributed by atoms with Crippen LogP contribution in [-0.4, -0.2) is 42.1 Å². The lowest BCUT2D eigenvalue weighted by Gasteiger charge is -2.19. The number of amides is 1. The Morgan fingerprint density at radius 3 is 2.30 bits per heavy atom. The van der Waals surface area contributed by atoms with Crippen LogP contribution in [-0.2, 0) is 4.74 Å². The van der Waals surface area contributed by atoms with Crippen molar-refractivity contribution in [3.05, 3.63) is 63.1 Å². The van der Waals surface area contributed by atoms with Gasteiger partial charge in [-0.2, -0.15) is 0 Å². The summed E-state index contributed by atoms with van der Waals surface area (Å²) in [5.74, 6) is -0.0878. The van der Waals surface area contributed by atoms with E-state index in [0.29, 0.717) is 20.6 Å². The molecule has 2 aromatic rings. The molecular formula is C18H13Cl3N2O4. The van der Waals surface area contributed by atoms with Crippen LogP contribution in [0.3, 0.4) is 0 Å². The van der Waals surface area contributed by atoms with E-state index in [9.17, 15) is 14.7 Å². The van der Waals surface area contributed by atoms with Gasteiger partial charge in [-0.15, -0.1) is 0 Å². The number of Topliss-reactive ketones (excluding diaryl/α,β-unsaturated/α-hetero) is 1. The summed E-state index contributed by atoms with van der Waals surface area (Å²) in [5.41, 5.74) is 0.730. The highest BCUT2D eigenvalue weighted by atomic mass is 35.5. The highest BCUT2D eigenvalue weighted by Crippen LogP contribution is 2.26. The number of aliphatic imine (C=N–C) groups is 1. The fourth-order valence-electron chi connectivity index (χ4n) is 2.55. The third-order valence-electron chi connectivity index (χ3n) is 3.82. The Hall–Kier alpha value is -2.28. The molecule has 1 atom stereocenters. The molecule has 0 aromatic heterocycles. The van der Waals surface area contributed by atoms with Crippen molar-refractivity contribution in [1.82, 2.24) is 0 Å². The zero-order valence-corrected chi connectivity index (χ0v) is 16.0. The standard InChI is InChI=1S/C18H13Cl3N2O4/c19-11-3-1-10(2-4-11)17(24)15-9-27-16(22-15)8-23(18(25)26)14-6-12(20)5-13(21)7-14/h1-7,15H,8-9H2,(H,25,26). The van der Waals surface area contributed by atoms with Gasteiger partial charge < -0.3 is 9.84 Å². The number of hydrogen-bond acceptors (Lipinski definition) is 4. The van der Waals surface area contributed by atoms with Gasteiger partial charge in [-0.25, -0.2) is 9.79 Å². The molecule has 0 aliphatic carbocycles. The first-order chi connectivity index (χ1) is 12.8. The van der Waals surface area contributed by atoms with Gasteiger partial charge >= 0.3 is 6.09 Å². The quantitative estimate of drug-likeness (QED) is 0.694. The van der Waals surface area contributed by atoms with Crippen molar-refractivity contribution in [3.63, 3.8) is 0 Å². The van der Waals surface area contributed by atoms with Gasteiger partial charge in [0, 0.05) is 20.6 Å². The molecular weight excluding hydrogens is 415 g/mol. The maximum Gasteiger partial charge on any atom is 0.412 e. The predicted molar refractivity (Wildman–Crippen MR) is 105 cm³/mol. The molecule has 140 valence electrons. The highest BCUT2D eigenvalue weighted by Gasteiger charge is 2.29. The Morgan fingerprint density at radius 1 is 1.07 bits per heavy atom. The first kappa shape index (κ1) is 19.5. The number of carbonyl (C=O) groups is 2. The first-order valence-corrected chi connectivity index (χ1v) is 8.92. The van der Waals surface area contributed by atoms with E-state index in [-0.39, 0.29) is 30.5 Å². The fraction of sp³-hybridized carbons (Fsp3) is 0.167. The van der Waals surface area contributed by atoms with Crippen LogP contribution in [0.25, 0.3) is 0 Å². The van der Waals surface area contributed by atoms with Crippen molar-refractivity contribution < 1.29 is 19.4 Å². The average molecular weight is 428 g/mol. The molecule has 27 heavy (non-hydrogen) atoms. The zero-order chi connectivity index (χ0) is 19.6. The van der Waals surface area contributed by atoms with E-state index in [0.717, 1.165) is 4.90 Å². The Morgan fingerprint density at radius 2 is 1.70 bits per heavy atom. The van der Waals surface area contributed by atoms with E-state index in [1.807, 2.05) is 0 Å². The summed E-state index contributed by atoms with van der Waals surface area (Å²) in [6.45, 7) is -0.128. The predicted octanol–water partition coefficient (Wildman–Crippen LogP) is 4.81. The molecule has 1 N–H and O–H groups in total. The second-order valence-electron chi connectivity index (χ2n) is 5.72. The molecule has 0 bridgehead atoms. The summed E-state index contributed by atoms with van der Waals surface area (Å²) in [7, 11) is 0. The van der Waals surface area contributed by atoms with Crippen LogP contribution in [0.15, 0.2) is 47.5 Å². The van der Waals surface area contributed by atoms with Crippen molar-refractivity contribution in [2.45, 2.75) is 6.04 Å². The molecule has 2 aromatic carbocycles. The number of halogens is 3. The summed E-state index contributed by atoms with van der Waals surface area (Å²) in [5, 5.41) is 10.6. The van der Waals surface area contributed by atoms with Gasteiger partial charge in [-0.3, -0.25) is 9.69 Å². The molecule has 6 nitrogen and oxygen atoms in total. The minimum Gasteiger partial charge on any atom is -0.477 e. The van der Waals surface area contributed by atoms with Gasteiger partial charge in [0.05, 0.1) is 5.69 Å². The van der Waals surface area contributed by atoms with Gasteiger partial charge in [0.2, 0.25) is 5.90 Å². The van der Waals surface area contributed by atoms with Gasteiger partial charge in [0.15, 0.2) is 11.8 Å². The van der Waals surface area contributed by atoms with Crippen LogP contribution in [0, 0.1) is 0 Å². The molecule has 1 heterocycles. The molecule has 0 radical (unpaired) electrons. The molecule has 0 saturated heterocycles. The minimum absolute atomic E-state index is 0.0422. The van der Waals surface area contributed by atoms with E-state index < -0.39 is 12.1 Å². The number of hydrogen-bond donors (Lipinski definition) is 1. The number of carbonyl (C=O) groups excluding carboxylic acids is 1. The second kappa shape index (κ2) is 8.17. The lowest BCUT2D eigenvalue weighted by atomic mass is 10.1. The average Bonchev–Trinajstić information content (AvgIpc) is 3.07. The fourth-order valence-corrected chi connectivity index (χ4v) is 3.19. The molecule has 1 unspecified atom stereocenters. The molecule has 0 fully saturated rings. The molecule has 0 saturated carbocycles. The number of rotatable bonds is 5. The van der Waals surface area contributed by atoms with E-state index in [1.54, 1.807) is 24.3 Å². The monoisotopic (exact) mass is 426 g/mol. The molecule has 1 amide bonds. The number of ether oxygens (including phenoxy) is 1. The van der Waals surface area contributed by atoms with Gasteiger partial charge in [-0.1, -0.05) is 34.8 Å². The minimum atomic E-state index is -1.23. The lowest BCUT2D eigenvalue weighted by Crippen LogP contribution is -2.34. The van der Waals surface area contributed by atoms with Crippen LogP contribution >= 0.6 is 34.8 Å².